The van der Waals surface area contributed by atoms with Gasteiger partial charge in [-0.05, 0) is 51.8 Å². The zero-order chi connectivity index (χ0) is 14.2. The summed E-state index contributed by atoms with van der Waals surface area (Å²) in [5.74, 6) is 1.58. The standard InChI is InChI=1S/C13H17Br2NO3/c1-13(2)6-8(16-18-4)10-11(15)9(17-3)5-7(14)12(10)19-13/h5,8,16H,6H2,1-4H3. The van der Waals surface area contributed by atoms with Gasteiger partial charge in [-0.2, -0.15) is 5.48 Å². The quantitative estimate of drug-likeness (QED) is 0.787. The highest BCUT2D eigenvalue weighted by Gasteiger charge is 2.37. The van der Waals surface area contributed by atoms with Gasteiger partial charge in [-0.1, -0.05) is 0 Å². The maximum atomic E-state index is 6.08. The van der Waals surface area contributed by atoms with Gasteiger partial charge in [0.05, 0.1) is 29.2 Å². The van der Waals surface area contributed by atoms with Crippen LogP contribution in [0.2, 0.25) is 0 Å². The van der Waals surface area contributed by atoms with Crippen molar-refractivity contribution in [1.82, 2.24) is 5.48 Å². The van der Waals surface area contributed by atoms with Crippen LogP contribution in [-0.2, 0) is 4.84 Å². The average Bonchev–Trinajstić information content (AvgIpc) is 2.32. The molecule has 2 rings (SSSR count). The fourth-order valence-corrected chi connectivity index (χ4v) is 3.56. The monoisotopic (exact) mass is 393 g/mol. The summed E-state index contributed by atoms with van der Waals surface area (Å²) in [7, 11) is 3.26. The van der Waals surface area contributed by atoms with Crippen LogP contribution in [0, 0.1) is 0 Å². The molecule has 1 atom stereocenters. The smallest absolute Gasteiger partial charge is 0.140 e. The molecule has 0 amide bonds. The highest BCUT2D eigenvalue weighted by atomic mass is 79.9. The van der Waals surface area contributed by atoms with Crippen LogP contribution in [0.3, 0.4) is 0 Å². The van der Waals surface area contributed by atoms with Crippen molar-refractivity contribution in [2.45, 2.75) is 31.9 Å². The molecule has 1 N–H and O–H groups in total. The third kappa shape index (κ3) is 2.91. The van der Waals surface area contributed by atoms with E-state index in [1.165, 1.54) is 0 Å². The molecule has 1 aliphatic rings. The molecule has 0 fully saturated rings. The zero-order valence-electron chi connectivity index (χ0n) is 11.3. The van der Waals surface area contributed by atoms with E-state index < -0.39 is 0 Å². The fourth-order valence-electron chi connectivity index (χ4n) is 2.32. The number of ether oxygens (including phenoxy) is 2. The first-order valence-electron chi connectivity index (χ1n) is 5.93. The van der Waals surface area contributed by atoms with E-state index in [9.17, 15) is 0 Å². The van der Waals surface area contributed by atoms with Crippen molar-refractivity contribution in [3.8, 4) is 11.5 Å². The van der Waals surface area contributed by atoms with E-state index in [1.807, 2.05) is 6.07 Å². The lowest BCUT2D eigenvalue weighted by molar-refractivity contribution is 0.00204. The Hall–Kier alpha value is -0.300. The van der Waals surface area contributed by atoms with Gasteiger partial charge in [-0.25, -0.2) is 0 Å². The Balaban J connectivity index is 2.59. The number of fused-ring (bicyclic) bond motifs is 1. The second-order valence-electron chi connectivity index (χ2n) is 5.06. The second kappa shape index (κ2) is 5.60. The summed E-state index contributed by atoms with van der Waals surface area (Å²) in [5.41, 5.74) is 3.77. The Morgan fingerprint density at radius 3 is 2.63 bits per heavy atom. The number of rotatable bonds is 3. The summed E-state index contributed by atoms with van der Waals surface area (Å²) in [5, 5.41) is 0. The van der Waals surface area contributed by atoms with Crippen molar-refractivity contribution < 1.29 is 14.3 Å². The third-order valence-corrected chi connectivity index (χ3v) is 4.48. The maximum absolute atomic E-state index is 6.08. The number of benzene rings is 1. The van der Waals surface area contributed by atoms with E-state index in [4.69, 9.17) is 14.3 Å². The Morgan fingerprint density at radius 1 is 1.37 bits per heavy atom. The molecule has 0 saturated heterocycles. The predicted molar refractivity (Wildman–Crippen MR) is 80.6 cm³/mol. The number of hydrogen-bond donors (Lipinski definition) is 1. The molecule has 1 aromatic carbocycles. The molecule has 1 heterocycles. The molecule has 0 aromatic heterocycles. The van der Waals surface area contributed by atoms with Crippen LogP contribution in [0.5, 0.6) is 11.5 Å². The highest BCUT2D eigenvalue weighted by molar-refractivity contribution is 9.11. The Morgan fingerprint density at radius 2 is 2.05 bits per heavy atom. The molecule has 0 bridgehead atoms. The number of methoxy groups -OCH3 is 1. The zero-order valence-corrected chi connectivity index (χ0v) is 14.5. The molecule has 0 aliphatic carbocycles. The minimum atomic E-state index is -0.264. The van der Waals surface area contributed by atoms with Crippen LogP contribution in [0.4, 0.5) is 0 Å². The van der Waals surface area contributed by atoms with Crippen LogP contribution < -0.4 is 15.0 Å². The maximum Gasteiger partial charge on any atom is 0.140 e. The van der Waals surface area contributed by atoms with Crippen molar-refractivity contribution in [3.63, 3.8) is 0 Å². The molecule has 0 spiro atoms. The van der Waals surface area contributed by atoms with Gasteiger partial charge in [0.15, 0.2) is 0 Å². The first-order valence-corrected chi connectivity index (χ1v) is 7.51. The lowest BCUT2D eigenvalue weighted by Crippen LogP contribution is -2.39. The van der Waals surface area contributed by atoms with Crippen molar-refractivity contribution in [2.75, 3.05) is 14.2 Å². The largest absolute Gasteiger partial charge is 0.496 e. The second-order valence-corrected chi connectivity index (χ2v) is 6.71. The van der Waals surface area contributed by atoms with E-state index in [0.717, 1.165) is 32.4 Å². The molecular formula is C13H17Br2NO3. The fraction of sp³-hybridized carbons (Fsp3) is 0.538. The Labute approximate surface area is 130 Å². The average molecular weight is 395 g/mol. The van der Waals surface area contributed by atoms with Crippen LogP contribution >= 0.6 is 31.9 Å². The normalized spacial score (nSPS) is 20.6. The van der Waals surface area contributed by atoms with Crippen molar-refractivity contribution in [1.29, 1.82) is 0 Å². The lowest BCUT2D eigenvalue weighted by atomic mass is 9.90. The predicted octanol–water partition coefficient (Wildman–Crippen LogP) is 3.97. The number of hydroxylamine groups is 1. The molecule has 1 aliphatic heterocycles. The highest BCUT2D eigenvalue weighted by Crippen LogP contribution is 2.50. The molecular weight excluding hydrogens is 378 g/mol. The molecule has 106 valence electrons. The summed E-state index contributed by atoms with van der Waals surface area (Å²) in [6, 6.07) is 1.93. The summed E-state index contributed by atoms with van der Waals surface area (Å²) in [6.45, 7) is 4.12. The first kappa shape index (κ1) is 15.1. The number of nitrogens with one attached hydrogen (secondary N) is 1. The van der Waals surface area contributed by atoms with Gasteiger partial charge in [-0.15, -0.1) is 0 Å². The topological polar surface area (TPSA) is 39.7 Å². The van der Waals surface area contributed by atoms with Crippen LogP contribution in [-0.4, -0.2) is 19.8 Å². The van der Waals surface area contributed by atoms with Gasteiger partial charge in [0, 0.05) is 12.0 Å². The van der Waals surface area contributed by atoms with Crippen LogP contribution in [0.1, 0.15) is 31.9 Å². The summed E-state index contributed by atoms with van der Waals surface area (Å²) in [4.78, 5) is 5.12. The minimum Gasteiger partial charge on any atom is -0.496 e. The van der Waals surface area contributed by atoms with Gasteiger partial charge in [-0.3, -0.25) is 0 Å². The molecule has 0 radical (unpaired) electrons. The van der Waals surface area contributed by atoms with Gasteiger partial charge in [0.2, 0.25) is 0 Å². The molecule has 1 unspecified atom stereocenters. The number of halogens is 2. The van der Waals surface area contributed by atoms with Gasteiger partial charge >= 0.3 is 0 Å². The van der Waals surface area contributed by atoms with Crippen LogP contribution in [0.25, 0.3) is 0 Å². The Bertz CT molecular complexity index is 491. The van der Waals surface area contributed by atoms with Gasteiger partial charge in [0.25, 0.3) is 0 Å². The van der Waals surface area contributed by atoms with Crippen LogP contribution in [0.15, 0.2) is 15.0 Å². The van der Waals surface area contributed by atoms with Crippen molar-refractivity contribution in [2.24, 2.45) is 0 Å². The Kier molecular flexibility index (Phi) is 4.45. The van der Waals surface area contributed by atoms with Gasteiger partial charge in [0.1, 0.15) is 17.1 Å². The first-order chi connectivity index (χ1) is 8.89. The minimum absolute atomic E-state index is 0.0320. The SMILES string of the molecule is CONC1CC(C)(C)Oc2c(Br)cc(OC)c(Br)c21. The van der Waals surface area contributed by atoms with E-state index in [-0.39, 0.29) is 11.6 Å². The van der Waals surface area contributed by atoms with E-state index in [2.05, 4.69) is 51.2 Å². The molecule has 4 nitrogen and oxygen atoms in total. The van der Waals surface area contributed by atoms with Crippen molar-refractivity contribution >= 4 is 31.9 Å². The molecule has 1 aromatic rings. The summed E-state index contributed by atoms with van der Waals surface area (Å²) < 4.78 is 13.2. The van der Waals surface area contributed by atoms with E-state index in [0.29, 0.717) is 0 Å². The number of hydrogen-bond acceptors (Lipinski definition) is 4. The van der Waals surface area contributed by atoms with E-state index in [1.54, 1.807) is 14.2 Å². The third-order valence-electron chi connectivity index (χ3n) is 3.07. The van der Waals surface area contributed by atoms with E-state index >= 15 is 0 Å². The van der Waals surface area contributed by atoms with Crippen molar-refractivity contribution in [3.05, 3.63) is 20.6 Å². The molecule has 0 saturated carbocycles. The van der Waals surface area contributed by atoms with Gasteiger partial charge < -0.3 is 14.3 Å². The molecule has 19 heavy (non-hydrogen) atoms. The lowest BCUT2D eigenvalue weighted by Gasteiger charge is -2.38. The molecule has 6 heteroatoms. The summed E-state index contributed by atoms with van der Waals surface area (Å²) in [6.07, 6.45) is 0.798. The summed E-state index contributed by atoms with van der Waals surface area (Å²) >= 11 is 7.13.